The average Bonchev–Trinajstić information content (AvgIpc) is 3.03. The Kier molecular flexibility index (Phi) is 5.34. The smallest absolute Gasteiger partial charge is 0.407 e. The highest BCUT2D eigenvalue weighted by atomic mass is 16.6. The molecule has 2 rings (SSSR count). The van der Waals surface area contributed by atoms with Gasteiger partial charge >= 0.3 is 6.09 Å². The van der Waals surface area contributed by atoms with E-state index in [1.807, 2.05) is 27.7 Å². The summed E-state index contributed by atoms with van der Waals surface area (Å²) < 4.78 is 5.31. The monoisotopic (exact) mass is 321 g/mol. The number of carbonyl (C=O) groups is 2. The van der Waals surface area contributed by atoms with Gasteiger partial charge in [-0.25, -0.2) is 4.79 Å². The molecule has 1 saturated carbocycles. The van der Waals surface area contributed by atoms with Gasteiger partial charge in [0.15, 0.2) is 0 Å². The van der Waals surface area contributed by atoms with Crippen molar-refractivity contribution in [3.05, 3.63) is 23.5 Å². The lowest BCUT2D eigenvalue weighted by Crippen LogP contribution is -2.44. The van der Waals surface area contributed by atoms with Gasteiger partial charge < -0.3 is 20.4 Å². The van der Waals surface area contributed by atoms with E-state index in [4.69, 9.17) is 4.74 Å². The summed E-state index contributed by atoms with van der Waals surface area (Å²) in [5.41, 5.74) is 1.02. The normalized spacial score (nSPS) is 21.0. The van der Waals surface area contributed by atoms with Crippen molar-refractivity contribution >= 4 is 12.0 Å². The molecule has 128 valence electrons. The number of hydrogen-bond acceptors (Lipinski definition) is 3. The zero-order chi connectivity index (χ0) is 17.0. The molecule has 2 amide bonds. The van der Waals surface area contributed by atoms with E-state index in [2.05, 4.69) is 15.6 Å². The van der Waals surface area contributed by atoms with Crippen LogP contribution in [0, 0.1) is 12.8 Å². The van der Waals surface area contributed by atoms with Gasteiger partial charge in [0.05, 0.1) is 5.56 Å². The molecule has 1 aliphatic carbocycles. The quantitative estimate of drug-likeness (QED) is 0.797. The minimum Gasteiger partial charge on any atom is -0.444 e. The van der Waals surface area contributed by atoms with Crippen LogP contribution >= 0.6 is 0 Å². The predicted octanol–water partition coefficient (Wildman–Crippen LogP) is 2.75. The zero-order valence-corrected chi connectivity index (χ0v) is 14.4. The second-order valence-electron chi connectivity index (χ2n) is 7.17. The minimum atomic E-state index is -0.502. The number of aryl methyl sites for hydroxylation is 1. The SMILES string of the molecule is Cc1[nH]ccc1C(=O)NC[C@H]1CCC[C@@H]1NC(=O)OC(C)(C)C. The molecule has 1 aliphatic rings. The molecule has 0 saturated heterocycles. The molecule has 0 radical (unpaired) electrons. The predicted molar refractivity (Wildman–Crippen MR) is 88.4 cm³/mol. The topological polar surface area (TPSA) is 83.2 Å². The maximum atomic E-state index is 12.2. The molecule has 6 nitrogen and oxygen atoms in total. The number of carbonyl (C=O) groups excluding carboxylic acids is 2. The van der Waals surface area contributed by atoms with Crippen LogP contribution in [0.2, 0.25) is 0 Å². The van der Waals surface area contributed by atoms with Crippen LogP contribution < -0.4 is 10.6 Å². The molecule has 1 fully saturated rings. The Balaban J connectivity index is 1.84. The highest BCUT2D eigenvalue weighted by Crippen LogP contribution is 2.25. The lowest BCUT2D eigenvalue weighted by atomic mass is 10.0. The van der Waals surface area contributed by atoms with E-state index in [1.54, 1.807) is 12.3 Å². The second-order valence-corrected chi connectivity index (χ2v) is 7.17. The summed E-state index contributed by atoms with van der Waals surface area (Å²) in [5.74, 6) is 0.164. The van der Waals surface area contributed by atoms with Crippen molar-refractivity contribution in [3.63, 3.8) is 0 Å². The molecule has 0 aliphatic heterocycles. The van der Waals surface area contributed by atoms with Crippen LogP contribution in [-0.2, 0) is 4.74 Å². The molecular weight excluding hydrogens is 294 g/mol. The van der Waals surface area contributed by atoms with Crippen molar-refractivity contribution < 1.29 is 14.3 Å². The highest BCUT2D eigenvalue weighted by molar-refractivity contribution is 5.95. The number of amides is 2. The molecule has 0 aromatic carbocycles. The summed E-state index contributed by atoms with van der Waals surface area (Å²) in [7, 11) is 0. The summed E-state index contributed by atoms with van der Waals surface area (Å²) in [4.78, 5) is 27.1. The molecule has 3 N–H and O–H groups in total. The van der Waals surface area contributed by atoms with Gasteiger partial charge in [-0.05, 0) is 52.5 Å². The van der Waals surface area contributed by atoms with E-state index in [9.17, 15) is 9.59 Å². The van der Waals surface area contributed by atoms with Gasteiger partial charge in [-0.2, -0.15) is 0 Å². The van der Waals surface area contributed by atoms with Gasteiger partial charge in [-0.3, -0.25) is 4.79 Å². The van der Waals surface area contributed by atoms with E-state index in [0.717, 1.165) is 25.0 Å². The molecule has 0 bridgehead atoms. The van der Waals surface area contributed by atoms with Crippen LogP contribution in [0.3, 0.4) is 0 Å². The Morgan fingerprint density at radius 1 is 1.35 bits per heavy atom. The van der Waals surface area contributed by atoms with E-state index < -0.39 is 5.60 Å². The van der Waals surface area contributed by atoms with E-state index >= 15 is 0 Å². The first-order chi connectivity index (χ1) is 10.8. The maximum Gasteiger partial charge on any atom is 0.407 e. The summed E-state index contributed by atoms with van der Waals surface area (Å²) in [6, 6.07) is 1.83. The summed E-state index contributed by atoms with van der Waals surface area (Å²) >= 11 is 0. The van der Waals surface area contributed by atoms with Gasteiger partial charge in [0, 0.05) is 24.5 Å². The standard InChI is InChI=1S/C17H27N3O3/c1-11-13(8-9-18-11)15(21)19-10-12-6-5-7-14(12)20-16(22)23-17(2,3)4/h8-9,12,14,18H,5-7,10H2,1-4H3,(H,19,21)(H,20,22)/t12-,14+/m1/s1. The Hall–Kier alpha value is -1.98. The highest BCUT2D eigenvalue weighted by Gasteiger charge is 2.30. The van der Waals surface area contributed by atoms with Crippen LogP contribution in [-0.4, -0.2) is 35.2 Å². The number of nitrogens with one attached hydrogen (secondary N) is 3. The van der Waals surface area contributed by atoms with Crippen LogP contribution in [0.25, 0.3) is 0 Å². The van der Waals surface area contributed by atoms with Crippen LogP contribution in [0.4, 0.5) is 4.79 Å². The van der Waals surface area contributed by atoms with Crippen molar-refractivity contribution in [2.45, 2.75) is 58.6 Å². The van der Waals surface area contributed by atoms with Gasteiger partial charge in [-0.15, -0.1) is 0 Å². The van der Waals surface area contributed by atoms with Crippen molar-refractivity contribution in [1.29, 1.82) is 0 Å². The summed E-state index contributed by atoms with van der Waals surface area (Å²) in [6.07, 6.45) is 4.33. The number of rotatable bonds is 4. The number of hydrogen-bond donors (Lipinski definition) is 3. The van der Waals surface area contributed by atoms with E-state index in [-0.39, 0.29) is 24.0 Å². The van der Waals surface area contributed by atoms with Crippen molar-refractivity contribution in [1.82, 2.24) is 15.6 Å². The average molecular weight is 321 g/mol. The number of H-pyrrole nitrogens is 1. The van der Waals surface area contributed by atoms with Crippen molar-refractivity contribution in [3.8, 4) is 0 Å². The Labute approximate surface area is 137 Å². The molecular formula is C17H27N3O3. The fourth-order valence-corrected chi connectivity index (χ4v) is 2.95. The minimum absolute atomic E-state index is 0.0532. The van der Waals surface area contributed by atoms with Crippen LogP contribution in [0.15, 0.2) is 12.3 Å². The molecule has 1 heterocycles. The summed E-state index contributed by atoms with van der Waals surface area (Å²) in [6.45, 7) is 7.97. The third-order valence-electron chi connectivity index (χ3n) is 4.08. The van der Waals surface area contributed by atoms with Gasteiger partial charge in [0.25, 0.3) is 5.91 Å². The van der Waals surface area contributed by atoms with E-state index in [0.29, 0.717) is 12.1 Å². The maximum absolute atomic E-state index is 12.2. The molecule has 6 heteroatoms. The lowest BCUT2D eigenvalue weighted by Gasteiger charge is -2.25. The van der Waals surface area contributed by atoms with Crippen LogP contribution in [0.1, 0.15) is 56.1 Å². The van der Waals surface area contributed by atoms with Crippen molar-refractivity contribution in [2.75, 3.05) is 6.54 Å². The third kappa shape index (κ3) is 5.01. The molecule has 2 atom stereocenters. The number of ether oxygens (including phenoxy) is 1. The fourth-order valence-electron chi connectivity index (χ4n) is 2.95. The zero-order valence-electron chi connectivity index (χ0n) is 14.4. The van der Waals surface area contributed by atoms with Crippen molar-refractivity contribution in [2.24, 2.45) is 5.92 Å². The van der Waals surface area contributed by atoms with Gasteiger partial charge in [0.2, 0.25) is 0 Å². The Bertz CT molecular complexity index is 560. The fraction of sp³-hybridized carbons (Fsp3) is 0.647. The third-order valence-corrected chi connectivity index (χ3v) is 4.08. The van der Waals surface area contributed by atoms with Gasteiger partial charge in [0.1, 0.15) is 5.60 Å². The molecule has 0 unspecified atom stereocenters. The Morgan fingerprint density at radius 2 is 2.09 bits per heavy atom. The number of aromatic amines is 1. The van der Waals surface area contributed by atoms with E-state index in [1.165, 1.54) is 0 Å². The molecule has 1 aromatic rings. The summed E-state index contributed by atoms with van der Waals surface area (Å²) in [5, 5.41) is 5.91. The second kappa shape index (κ2) is 7.06. The molecule has 0 spiro atoms. The molecule has 1 aromatic heterocycles. The first kappa shape index (κ1) is 17.4. The Morgan fingerprint density at radius 3 is 2.70 bits per heavy atom. The number of alkyl carbamates (subject to hydrolysis) is 1. The lowest BCUT2D eigenvalue weighted by molar-refractivity contribution is 0.0493. The number of aromatic nitrogens is 1. The van der Waals surface area contributed by atoms with Gasteiger partial charge in [-0.1, -0.05) is 6.42 Å². The first-order valence-corrected chi connectivity index (χ1v) is 8.18. The van der Waals surface area contributed by atoms with Crippen LogP contribution in [0.5, 0.6) is 0 Å². The first-order valence-electron chi connectivity index (χ1n) is 8.18. The largest absolute Gasteiger partial charge is 0.444 e. The molecule has 23 heavy (non-hydrogen) atoms.